The number of hydrogen-bond donors (Lipinski definition) is 3. The lowest BCUT2D eigenvalue weighted by molar-refractivity contribution is -0.384. The lowest BCUT2D eigenvalue weighted by atomic mass is 9.59. The van der Waals surface area contributed by atoms with Crippen LogP contribution in [0.25, 0.3) is 16.6 Å². The zero-order chi connectivity index (χ0) is 42.8. The molecule has 324 valence electrons. The number of carbonyl (C=O) groups excluding carboxylic acids is 1. The molecule has 15 nitrogen and oxygen atoms in total. The molecule has 62 heavy (non-hydrogen) atoms. The summed E-state index contributed by atoms with van der Waals surface area (Å²) < 4.78 is 46.7. The van der Waals surface area contributed by atoms with Crippen molar-refractivity contribution in [1.29, 1.82) is 0 Å². The van der Waals surface area contributed by atoms with Gasteiger partial charge in [0.05, 0.1) is 47.5 Å². The van der Waals surface area contributed by atoms with Gasteiger partial charge in [0.25, 0.3) is 21.6 Å². The van der Waals surface area contributed by atoms with Gasteiger partial charge < -0.3 is 29.4 Å². The molecule has 9 rings (SSSR count). The third-order valence-corrected chi connectivity index (χ3v) is 14.2. The minimum absolute atomic E-state index is 0.0455. The van der Waals surface area contributed by atoms with Gasteiger partial charge in [0, 0.05) is 73.7 Å². The Bertz CT molecular complexity index is 2620. The number of anilines is 2. The van der Waals surface area contributed by atoms with Crippen molar-refractivity contribution in [2.75, 3.05) is 69.3 Å². The standard InChI is InChI=1S/C45H48ClN7O8S/c46-33-4-2-30(3-5-33)39-25-45(12-1-13-45)14-10-32(39)28-51-16-18-52(19-17-51)34-6-8-38(42(23-34)61-35-22-31-11-15-47-43(31)49-26-35)44(54)50-62(57,58)37-7-9-40(41(24-37)53(55)56)48-27-36-29-59-20-21-60-36/h2-9,11,15,22-24,26,36,48H,1,10,12-14,16-21,25,27-29H2,(H,47,49)(H,50,54)/t36-/m0/s1. The summed E-state index contributed by atoms with van der Waals surface area (Å²) in [4.78, 5) is 37.0. The molecule has 1 atom stereocenters. The van der Waals surface area contributed by atoms with Crippen molar-refractivity contribution in [1.82, 2.24) is 19.6 Å². The first kappa shape index (κ1) is 41.8. The highest BCUT2D eigenvalue weighted by atomic mass is 35.5. The molecule has 3 fully saturated rings. The Labute approximate surface area is 364 Å². The quantitative estimate of drug-likeness (QED) is 0.0773. The van der Waals surface area contributed by atoms with Crippen LogP contribution in [0.1, 0.15) is 54.4 Å². The van der Waals surface area contributed by atoms with Crippen molar-refractivity contribution < 1.29 is 32.3 Å². The Morgan fingerprint density at radius 1 is 1.02 bits per heavy atom. The minimum Gasteiger partial charge on any atom is -0.455 e. The fourth-order valence-electron chi connectivity index (χ4n) is 9.00. The molecule has 5 aromatic rings. The summed E-state index contributed by atoms with van der Waals surface area (Å²) in [6, 6.07) is 20.4. The SMILES string of the molecule is O=C(NS(=O)(=O)c1ccc(NC[C@H]2COCCO2)c([N+](=O)[O-])c1)c1ccc(N2CCN(CC3=C(c4ccc(Cl)cc4)CC4(CCC4)CC3)CC2)cc1Oc1cnc2[nH]ccc2c1. The molecule has 1 amide bonds. The first-order valence-electron chi connectivity index (χ1n) is 21.0. The Morgan fingerprint density at radius 3 is 2.58 bits per heavy atom. The van der Waals surface area contributed by atoms with Gasteiger partial charge in [-0.05, 0) is 97.2 Å². The average molecular weight is 882 g/mol. The highest BCUT2D eigenvalue weighted by Crippen LogP contribution is 2.55. The average Bonchev–Trinajstić information content (AvgIpc) is 3.74. The van der Waals surface area contributed by atoms with Crippen LogP contribution in [0.5, 0.6) is 11.5 Å². The number of aromatic amines is 1. The van der Waals surface area contributed by atoms with E-state index in [1.54, 1.807) is 24.4 Å². The van der Waals surface area contributed by atoms with Crippen LogP contribution in [0.3, 0.4) is 0 Å². The Morgan fingerprint density at radius 2 is 1.84 bits per heavy atom. The molecule has 2 saturated heterocycles. The number of aromatic nitrogens is 2. The van der Waals surface area contributed by atoms with E-state index in [4.69, 9.17) is 25.8 Å². The van der Waals surface area contributed by atoms with Crippen LogP contribution in [-0.2, 0) is 19.5 Å². The summed E-state index contributed by atoms with van der Waals surface area (Å²) in [6.07, 6.45) is 10.4. The highest BCUT2D eigenvalue weighted by molar-refractivity contribution is 7.90. The summed E-state index contributed by atoms with van der Waals surface area (Å²) in [5.74, 6) is -0.494. The second-order valence-corrected chi connectivity index (χ2v) is 18.7. The van der Waals surface area contributed by atoms with Gasteiger partial charge in [0.15, 0.2) is 0 Å². The maximum atomic E-state index is 13.9. The normalized spacial score (nSPS) is 19.3. The first-order valence-corrected chi connectivity index (χ1v) is 22.9. The van der Waals surface area contributed by atoms with Crippen molar-refractivity contribution in [3.63, 3.8) is 0 Å². The van der Waals surface area contributed by atoms with Crippen molar-refractivity contribution in [2.24, 2.45) is 5.41 Å². The Kier molecular flexibility index (Phi) is 11.9. The third-order valence-electron chi connectivity index (χ3n) is 12.6. The van der Waals surface area contributed by atoms with Crippen LogP contribution < -0.4 is 19.7 Å². The fraction of sp³-hybridized carbons (Fsp3) is 0.378. The molecule has 4 heterocycles. The number of nitro groups is 1. The monoisotopic (exact) mass is 881 g/mol. The van der Waals surface area contributed by atoms with E-state index in [0.29, 0.717) is 36.6 Å². The molecule has 17 heteroatoms. The molecular weight excluding hydrogens is 834 g/mol. The number of fused-ring (bicyclic) bond motifs is 1. The van der Waals surface area contributed by atoms with Gasteiger partial charge in [-0.1, -0.05) is 35.7 Å². The molecule has 0 unspecified atom stereocenters. The molecular formula is C45H48ClN7O8S. The molecule has 3 aromatic carbocycles. The van der Waals surface area contributed by atoms with Gasteiger partial charge in [0.2, 0.25) is 0 Å². The number of nitro benzene ring substituents is 1. The van der Waals surface area contributed by atoms with Crippen LogP contribution >= 0.6 is 11.6 Å². The first-order chi connectivity index (χ1) is 30.0. The number of nitrogens with one attached hydrogen (secondary N) is 3. The number of benzene rings is 3. The maximum absolute atomic E-state index is 13.9. The molecule has 2 aliphatic carbocycles. The summed E-state index contributed by atoms with van der Waals surface area (Å²) >= 11 is 6.27. The van der Waals surface area contributed by atoms with Crippen molar-refractivity contribution in [3.8, 4) is 11.5 Å². The summed E-state index contributed by atoms with van der Waals surface area (Å²) in [5.41, 5.74) is 5.75. The number of piperazine rings is 1. The van der Waals surface area contributed by atoms with Gasteiger partial charge in [-0.3, -0.25) is 19.8 Å². The maximum Gasteiger partial charge on any atom is 0.293 e. The zero-order valence-corrected chi connectivity index (χ0v) is 35.7. The van der Waals surface area contributed by atoms with E-state index in [1.807, 2.05) is 18.2 Å². The number of pyridine rings is 1. The molecule has 0 bridgehead atoms. The number of nitrogens with zero attached hydrogens (tertiary/aromatic N) is 4. The van der Waals surface area contributed by atoms with Crippen LogP contribution in [0, 0.1) is 15.5 Å². The van der Waals surface area contributed by atoms with Crippen molar-refractivity contribution in [2.45, 2.75) is 49.5 Å². The predicted octanol–water partition coefficient (Wildman–Crippen LogP) is 7.79. The zero-order valence-electron chi connectivity index (χ0n) is 34.1. The van der Waals surface area contributed by atoms with Crippen LogP contribution in [0.4, 0.5) is 17.1 Å². The largest absolute Gasteiger partial charge is 0.455 e. The lowest BCUT2D eigenvalue weighted by Crippen LogP contribution is -2.47. The van der Waals surface area contributed by atoms with E-state index in [2.05, 4.69) is 41.9 Å². The molecule has 0 radical (unpaired) electrons. The number of rotatable bonds is 13. The van der Waals surface area contributed by atoms with Gasteiger partial charge in [-0.25, -0.2) is 18.1 Å². The number of carbonyl (C=O) groups is 1. The van der Waals surface area contributed by atoms with Gasteiger partial charge in [-0.15, -0.1) is 0 Å². The van der Waals surface area contributed by atoms with Gasteiger partial charge in [0.1, 0.15) is 22.8 Å². The van der Waals surface area contributed by atoms with Gasteiger partial charge in [-0.2, -0.15) is 0 Å². The van der Waals surface area contributed by atoms with E-state index in [-0.39, 0.29) is 29.6 Å². The van der Waals surface area contributed by atoms with E-state index in [0.717, 1.165) is 67.7 Å². The minimum atomic E-state index is -4.58. The van der Waals surface area contributed by atoms with Gasteiger partial charge >= 0.3 is 0 Å². The summed E-state index contributed by atoms with van der Waals surface area (Å²) in [7, 11) is -4.58. The van der Waals surface area contributed by atoms with Crippen molar-refractivity contribution in [3.05, 3.63) is 117 Å². The second kappa shape index (κ2) is 17.7. The number of halogens is 1. The van der Waals surface area contributed by atoms with E-state index in [9.17, 15) is 23.3 Å². The molecule has 2 aliphatic heterocycles. The molecule has 4 aliphatic rings. The number of H-pyrrole nitrogens is 1. The third kappa shape index (κ3) is 9.15. The number of sulfonamides is 1. The fourth-order valence-corrected chi connectivity index (χ4v) is 10.1. The number of hydrogen-bond acceptors (Lipinski definition) is 12. The summed E-state index contributed by atoms with van der Waals surface area (Å²) in [5, 5.41) is 16.5. The van der Waals surface area contributed by atoms with Crippen LogP contribution in [0.2, 0.25) is 5.02 Å². The lowest BCUT2D eigenvalue weighted by Gasteiger charge is -2.47. The molecule has 3 N–H and O–H groups in total. The van der Waals surface area contributed by atoms with E-state index >= 15 is 0 Å². The number of allylic oxidation sites excluding steroid dienone is 1. The predicted molar refractivity (Wildman–Crippen MR) is 237 cm³/mol. The Balaban J connectivity index is 0.926. The number of ether oxygens (including phenoxy) is 3. The topological polar surface area (TPSA) is 181 Å². The van der Waals surface area contributed by atoms with Crippen molar-refractivity contribution >= 4 is 61.2 Å². The number of amides is 1. The van der Waals surface area contributed by atoms with Crippen LogP contribution in [-0.4, -0.2) is 99.3 Å². The molecule has 2 aromatic heterocycles. The smallest absolute Gasteiger partial charge is 0.293 e. The van der Waals surface area contributed by atoms with E-state index in [1.165, 1.54) is 66.8 Å². The molecule has 1 saturated carbocycles. The molecule has 1 spiro atoms. The highest BCUT2D eigenvalue weighted by Gasteiger charge is 2.41. The van der Waals surface area contributed by atoms with Crippen LogP contribution in [0.15, 0.2) is 95.7 Å². The van der Waals surface area contributed by atoms with E-state index < -0.39 is 31.4 Å². The Hall–Kier alpha value is -5.52. The summed E-state index contributed by atoms with van der Waals surface area (Å²) in [6.45, 7) is 5.45. The second-order valence-electron chi connectivity index (χ2n) is 16.6.